The van der Waals surface area contributed by atoms with E-state index in [1.165, 1.54) is 5.56 Å². The van der Waals surface area contributed by atoms with Crippen LogP contribution in [0.15, 0.2) is 36.9 Å². The highest BCUT2D eigenvalue weighted by Gasteiger charge is 2.24. The lowest BCUT2D eigenvalue weighted by atomic mass is 9.85. The highest BCUT2D eigenvalue weighted by Crippen LogP contribution is 2.24. The van der Waals surface area contributed by atoms with Crippen molar-refractivity contribution < 1.29 is 4.79 Å². The number of carbonyl (C=O) groups is 1. The van der Waals surface area contributed by atoms with Crippen LogP contribution < -0.4 is 11.1 Å². The fraction of sp³-hybridized carbons (Fsp3) is 0.438. The van der Waals surface area contributed by atoms with E-state index in [0.29, 0.717) is 6.04 Å². The van der Waals surface area contributed by atoms with Gasteiger partial charge in [-0.2, -0.15) is 0 Å². The van der Waals surface area contributed by atoms with E-state index in [1.807, 2.05) is 18.2 Å². The van der Waals surface area contributed by atoms with E-state index in [4.69, 9.17) is 5.73 Å². The molecule has 0 spiro atoms. The fourth-order valence-electron chi connectivity index (χ4n) is 2.63. The van der Waals surface area contributed by atoms with Gasteiger partial charge in [-0.1, -0.05) is 36.9 Å². The second-order valence-corrected chi connectivity index (χ2v) is 5.30. The molecule has 0 unspecified atom stereocenters. The molecule has 0 bridgehead atoms. The Hall–Kier alpha value is -1.61. The third kappa shape index (κ3) is 3.93. The Labute approximate surface area is 114 Å². The lowest BCUT2D eigenvalue weighted by Crippen LogP contribution is -2.37. The first-order valence-electron chi connectivity index (χ1n) is 6.92. The fourth-order valence-corrected chi connectivity index (χ4v) is 2.63. The molecule has 1 aliphatic rings. The summed E-state index contributed by atoms with van der Waals surface area (Å²) >= 11 is 0. The van der Waals surface area contributed by atoms with E-state index in [-0.39, 0.29) is 11.8 Å². The minimum atomic E-state index is -0.146. The normalized spacial score (nSPS) is 22.9. The van der Waals surface area contributed by atoms with Crippen molar-refractivity contribution in [2.75, 3.05) is 6.54 Å². The van der Waals surface area contributed by atoms with Crippen LogP contribution in [0.25, 0.3) is 5.57 Å². The van der Waals surface area contributed by atoms with Crippen molar-refractivity contribution in [2.45, 2.75) is 31.7 Å². The largest absolute Gasteiger partial charge is 0.369 e. The number of hydrogen-bond donors (Lipinski definition) is 2. The number of rotatable bonds is 5. The van der Waals surface area contributed by atoms with Crippen LogP contribution in [0.1, 0.15) is 31.2 Å². The maximum atomic E-state index is 11.1. The maximum Gasteiger partial charge on any atom is 0.220 e. The van der Waals surface area contributed by atoms with Gasteiger partial charge in [0.2, 0.25) is 5.91 Å². The number of hydrogen-bond acceptors (Lipinski definition) is 2. The Morgan fingerprint density at radius 2 is 1.84 bits per heavy atom. The lowest BCUT2D eigenvalue weighted by molar-refractivity contribution is -0.122. The van der Waals surface area contributed by atoms with Crippen molar-refractivity contribution in [1.82, 2.24) is 5.32 Å². The minimum absolute atomic E-state index is 0.0791. The van der Waals surface area contributed by atoms with Gasteiger partial charge in [-0.05, 0) is 36.8 Å². The SMILES string of the molecule is C=C(CNC1CCC(C(N)=O)CC1)c1ccccc1. The Kier molecular flexibility index (Phi) is 4.74. The number of nitrogens with two attached hydrogens (primary N) is 1. The van der Waals surface area contributed by atoms with E-state index in [0.717, 1.165) is 37.8 Å². The molecule has 0 heterocycles. The third-order valence-electron chi connectivity index (χ3n) is 3.92. The van der Waals surface area contributed by atoms with Gasteiger partial charge in [0.15, 0.2) is 0 Å². The van der Waals surface area contributed by atoms with Crippen LogP contribution in [0, 0.1) is 5.92 Å². The average molecular weight is 258 g/mol. The molecule has 3 N–H and O–H groups in total. The summed E-state index contributed by atoms with van der Waals surface area (Å²) in [6, 6.07) is 10.7. The molecule has 2 rings (SSSR count). The summed E-state index contributed by atoms with van der Waals surface area (Å²) in [5.41, 5.74) is 7.63. The zero-order valence-corrected chi connectivity index (χ0v) is 11.3. The van der Waals surface area contributed by atoms with E-state index >= 15 is 0 Å². The van der Waals surface area contributed by atoms with Gasteiger partial charge in [0.25, 0.3) is 0 Å². The first-order chi connectivity index (χ1) is 9.16. The van der Waals surface area contributed by atoms with Crippen molar-refractivity contribution in [1.29, 1.82) is 0 Å². The Morgan fingerprint density at radius 1 is 1.21 bits per heavy atom. The summed E-state index contributed by atoms with van der Waals surface area (Å²) in [5.74, 6) is -0.0671. The number of primary amides is 1. The summed E-state index contributed by atoms with van der Waals surface area (Å²) in [6.45, 7) is 4.92. The number of carbonyl (C=O) groups excluding carboxylic acids is 1. The van der Waals surface area contributed by atoms with Gasteiger partial charge in [0, 0.05) is 18.5 Å². The Bertz CT molecular complexity index is 433. The molecular formula is C16H22N2O. The minimum Gasteiger partial charge on any atom is -0.369 e. The summed E-state index contributed by atoms with van der Waals surface area (Å²) in [6.07, 6.45) is 3.86. The zero-order chi connectivity index (χ0) is 13.7. The van der Waals surface area contributed by atoms with Gasteiger partial charge in [-0.3, -0.25) is 4.79 Å². The maximum absolute atomic E-state index is 11.1. The zero-order valence-electron chi connectivity index (χ0n) is 11.3. The van der Waals surface area contributed by atoms with Crippen molar-refractivity contribution in [2.24, 2.45) is 11.7 Å². The Morgan fingerprint density at radius 3 is 2.42 bits per heavy atom. The van der Waals surface area contributed by atoms with E-state index in [1.54, 1.807) is 0 Å². The summed E-state index contributed by atoms with van der Waals surface area (Å²) in [5, 5.41) is 3.53. The molecule has 1 fully saturated rings. The molecule has 3 nitrogen and oxygen atoms in total. The van der Waals surface area contributed by atoms with Gasteiger partial charge >= 0.3 is 0 Å². The third-order valence-corrected chi connectivity index (χ3v) is 3.92. The predicted octanol–water partition coefficient (Wildman–Crippen LogP) is 2.33. The quantitative estimate of drug-likeness (QED) is 0.851. The standard InChI is InChI=1S/C16H22N2O/c1-12(13-5-3-2-4-6-13)11-18-15-9-7-14(8-10-15)16(17)19/h2-6,14-15,18H,1,7-11H2,(H2,17,19). The first-order valence-corrected chi connectivity index (χ1v) is 6.92. The topological polar surface area (TPSA) is 55.1 Å². The van der Waals surface area contributed by atoms with Crippen LogP contribution in [-0.2, 0) is 4.79 Å². The van der Waals surface area contributed by atoms with Crippen molar-refractivity contribution in [3.63, 3.8) is 0 Å². The highest BCUT2D eigenvalue weighted by atomic mass is 16.1. The molecule has 0 aliphatic heterocycles. The van der Waals surface area contributed by atoms with Crippen LogP contribution in [-0.4, -0.2) is 18.5 Å². The van der Waals surface area contributed by atoms with Crippen LogP contribution in [0.3, 0.4) is 0 Å². The molecule has 0 atom stereocenters. The van der Waals surface area contributed by atoms with Crippen LogP contribution in [0.2, 0.25) is 0 Å². The predicted molar refractivity (Wildman–Crippen MR) is 78.4 cm³/mol. The molecule has 1 aromatic carbocycles. The highest BCUT2D eigenvalue weighted by molar-refractivity contribution is 5.76. The van der Waals surface area contributed by atoms with E-state index in [2.05, 4.69) is 24.0 Å². The molecule has 19 heavy (non-hydrogen) atoms. The van der Waals surface area contributed by atoms with Gasteiger partial charge in [-0.25, -0.2) is 0 Å². The van der Waals surface area contributed by atoms with Gasteiger partial charge < -0.3 is 11.1 Å². The summed E-state index contributed by atoms with van der Waals surface area (Å²) in [7, 11) is 0. The average Bonchev–Trinajstić information content (AvgIpc) is 2.46. The van der Waals surface area contributed by atoms with Crippen molar-refractivity contribution in [3.8, 4) is 0 Å². The van der Waals surface area contributed by atoms with Crippen molar-refractivity contribution in [3.05, 3.63) is 42.5 Å². The molecule has 1 aromatic rings. The Balaban J connectivity index is 1.75. The first kappa shape index (κ1) is 13.8. The van der Waals surface area contributed by atoms with Crippen LogP contribution in [0.4, 0.5) is 0 Å². The molecule has 102 valence electrons. The molecule has 3 heteroatoms. The van der Waals surface area contributed by atoms with Gasteiger partial charge in [0.05, 0.1) is 0 Å². The molecule has 1 saturated carbocycles. The van der Waals surface area contributed by atoms with E-state index < -0.39 is 0 Å². The summed E-state index contributed by atoms with van der Waals surface area (Å²) in [4.78, 5) is 11.1. The van der Waals surface area contributed by atoms with Crippen molar-refractivity contribution >= 4 is 11.5 Å². The molecule has 0 aromatic heterocycles. The summed E-state index contributed by atoms with van der Waals surface area (Å²) < 4.78 is 0. The van der Waals surface area contributed by atoms with Gasteiger partial charge in [-0.15, -0.1) is 0 Å². The second-order valence-electron chi connectivity index (χ2n) is 5.30. The van der Waals surface area contributed by atoms with Crippen LogP contribution >= 0.6 is 0 Å². The lowest BCUT2D eigenvalue weighted by Gasteiger charge is -2.27. The number of benzene rings is 1. The van der Waals surface area contributed by atoms with Crippen LogP contribution in [0.5, 0.6) is 0 Å². The monoisotopic (exact) mass is 258 g/mol. The molecule has 1 aliphatic carbocycles. The number of amides is 1. The second kappa shape index (κ2) is 6.53. The molecule has 0 saturated heterocycles. The molecule has 1 amide bonds. The number of nitrogens with one attached hydrogen (secondary N) is 1. The van der Waals surface area contributed by atoms with Gasteiger partial charge in [0.1, 0.15) is 0 Å². The smallest absolute Gasteiger partial charge is 0.220 e. The molecular weight excluding hydrogens is 236 g/mol. The molecule has 0 radical (unpaired) electrons. The van der Waals surface area contributed by atoms with E-state index in [9.17, 15) is 4.79 Å².